The van der Waals surface area contributed by atoms with Crippen LogP contribution in [0.4, 0.5) is 0 Å². The van der Waals surface area contributed by atoms with Crippen molar-refractivity contribution in [1.82, 2.24) is 10.7 Å². The van der Waals surface area contributed by atoms with E-state index in [1.807, 2.05) is 0 Å². The summed E-state index contributed by atoms with van der Waals surface area (Å²) in [5.74, 6) is -0.504. The molecule has 0 aliphatic heterocycles. The van der Waals surface area contributed by atoms with Crippen molar-refractivity contribution in [3.8, 4) is 5.75 Å². The van der Waals surface area contributed by atoms with E-state index in [9.17, 15) is 14.7 Å². The van der Waals surface area contributed by atoms with Crippen LogP contribution in [0.3, 0.4) is 0 Å². The highest BCUT2D eigenvalue weighted by Gasteiger charge is 2.09. The molecule has 0 aliphatic carbocycles. The summed E-state index contributed by atoms with van der Waals surface area (Å²) in [7, 11) is 0. The molecule has 0 saturated carbocycles. The molecule has 0 aliphatic rings. The molecule has 26 heavy (non-hydrogen) atoms. The van der Waals surface area contributed by atoms with Crippen LogP contribution in [0.5, 0.6) is 5.75 Å². The van der Waals surface area contributed by atoms with Gasteiger partial charge in [-0.25, -0.2) is 5.43 Å². The number of hydrogen-bond acceptors (Lipinski definition) is 4. The first-order valence-corrected chi connectivity index (χ1v) is 8.97. The van der Waals surface area contributed by atoms with Gasteiger partial charge < -0.3 is 10.4 Å². The molecule has 8 heteroatoms. The van der Waals surface area contributed by atoms with Crippen LogP contribution in [-0.4, -0.2) is 29.7 Å². The Labute approximate surface area is 164 Å². The Morgan fingerprint density at radius 3 is 2.77 bits per heavy atom. The van der Waals surface area contributed by atoms with Crippen molar-refractivity contribution in [3.05, 3.63) is 63.1 Å². The van der Waals surface area contributed by atoms with Gasteiger partial charge in [-0.3, -0.25) is 9.59 Å². The monoisotopic (exact) mass is 437 g/mol. The number of phenols is 1. The SMILES string of the molecule is O=C(CCCNC(=O)c1ccccc1Cl)N/N=C/c1cc(Br)ccc1O. The third kappa shape index (κ3) is 6.16. The van der Waals surface area contributed by atoms with Gasteiger partial charge in [-0.1, -0.05) is 39.7 Å². The number of nitrogens with one attached hydrogen (secondary N) is 2. The molecular weight excluding hydrogens is 422 g/mol. The lowest BCUT2D eigenvalue weighted by Crippen LogP contribution is -2.26. The number of halogens is 2. The molecule has 0 radical (unpaired) electrons. The summed E-state index contributed by atoms with van der Waals surface area (Å²) < 4.78 is 0.789. The first kappa shape index (κ1) is 19.9. The standard InChI is InChI=1S/C18H17BrClN3O3/c19-13-7-8-16(24)12(10-13)11-22-23-17(25)6-3-9-21-18(26)14-4-1-2-5-15(14)20/h1-2,4-5,7-8,10-11,24H,3,6,9H2,(H,21,26)(H,23,25)/b22-11+. The summed E-state index contributed by atoms with van der Waals surface area (Å²) in [6.45, 7) is 0.341. The number of hydrogen-bond donors (Lipinski definition) is 3. The fourth-order valence-corrected chi connectivity index (χ4v) is 2.65. The maximum absolute atomic E-state index is 12.0. The lowest BCUT2D eigenvalue weighted by Gasteiger charge is -2.06. The Morgan fingerprint density at radius 1 is 1.23 bits per heavy atom. The van der Waals surface area contributed by atoms with Crippen molar-refractivity contribution in [1.29, 1.82) is 0 Å². The summed E-state index contributed by atoms with van der Waals surface area (Å²) >= 11 is 9.24. The van der Waals surface area contributed by atoms with E-state index < -0.39 is 0 Å². The first-order valence-electron chi connectivity index (χ1n) is 7.80. The molecule has 0 spiro atoms. The van der Waals surface area contributed by atoms with Crippen molar-refractivity contribution in [2.24, 2.45) is 5.10 Å². The van der Waals surface area contributed by atoms with Crippen LogP contribution >= 0.6 is 27.5 Å². The average molecular weight is 439 g/mol. The van der Waals surface area contributed by atoms with E-state index in [0.29, 0.717) is 29.1 Å². The smallest absolute Gasteiger partial charge is 0.252 e. The zero-order valence-electron chi connectivity index (χ0n) is 13.7. The highest BCUT2D eigenvalue weighted by molar-refractivity contribution is 9.10. The van der Waals surface area contributed by atoms with Gasteiger partial charge >= 0.3 is 0 Å². The van der Waals surface area contributed by atoms with Crippen LogP contribution in [0.25, 0.3) is 0 Å². The Balaban J connectivity index is 1.71. The van der Waals surface area contributed by atoms with Crippen molar-refractivity contribution >= 4 is 45.6 Å². The number of nitrogens with zero attached hydrogens (tertiary/aromatic N) is 1. The molecule has 2 rings (SSSR count). The normalized spacial score (nSPS) is 10.7. The number of rotatable bonds is 7. The highest BCUT2D eigenvalue weighted by atomic mass is 79.9. The maximum Gasteiger partial charge on any atom is 0.252 e. The molecule has 2 amide bonds. The van der Waals surface area contributed by atoms with E-state index in [0.717, 1.165) is 4.47 Å². The predicted molar refractivity (Wildman–Crippen MR) is 105 cm³/mol. The maximum atomic E-state index is 12.0. The molecule has 0 atom stereocenters. The number of phenolic OH excluding ortho intramolecular Hbond substituents is 1. The van der Waals surface area contributed by atoms with Crippen LogP contribution in [0.15, 0.2) is 52.0 Å². The second kappa shape index (κ2) is 9.94. The van der Waals surface area contributed by atoms with E-state index in [4.69, 9.17) is 11.6 Å². The van der Waals surface area contributed by atoms with Gasteiger partial charge in [0.25, 0.3) is 5.91 Å². The van der Waals surface area contributed by atoms with Crippen LogP contribution < -0.4 is 10.7 Å². The fraction of sp³-hybridized carbons (Fsp3) is 0.167. The Bertz CT molecular complexity index is 827. The van der Waals surface area contributed by atoms with E-state index in [-0.39, 0.29) is 24.0 Å². The molecule has 0 aromatic heterocycles. The Kier molecular flexibility index (Phi) is 7.62. The van der Waals surface area contributed by atoms with Gasteiger partial charge in [0.1, 0.15) is 5.75 Å². The van der Waals surface area contributed by atoms with Gasteiger partial charge in [0.05, 0.1) is 16.8 Å². The van der Waals surface area contributed by atoms with E-state index >= 15 is 0 Å². The number of benzene rings is 2. The topological polar surface area (TPSA) is 90.8 Å². The predicted octanol–water partition coefficient (Wildman–Crippen LogP) is 3.47. The highest BCUT2D eigenvalue weighted by Crippen LogP contribution is 2.19. The largest absolute Gasteiger partial charge is 0.507 e. The second-order valence-corrected chi connectivity index (χ2v) is 6.66. The molecule has 0 unspecified atom stereocenters. The minimum Gasteiger partial charge on any atom is -0.507 e. The van der Waals surface area contributed by atoms with Crippen LogP contribution in [0.2, 0.25) is 5.02 Å². The lowest BCUT2D eigenvalue weighted by atomic mass is 10.2. The molecule has 6 nitrogen and oxygen atoms in total. The molecule has 136 valence electrons. The molecule has 3 N–H and O–H groups in total. The second-order valence-electron chi connectivity index (χ2n) is 5.34. The summed E-state index contributed by atoms with van der Waals surface area (Å²) in [4.78, 5) is 23.7. The zero-order chi connectivity index (χ0) is 18.9. The van der Waals surface area contributed by atoms with Crippen molar-refractivity contribution in [3.63, 3.8) is 0 Å². The molecule has 0 heterocycles. The number of carbonyl (C=O) groups is 2. The van der Waals surface area contributed by atoms with Crippen molar-refractivity contribution in [2.45, 2.75) is 12.8 Å². The van der Waals surface area contributed by atoms with E-state index in [1.165, 1.54) is 12.3 Å². The number of amides is 2. The van der Waals surface area contributed by atoms with Crippen LogP contribution in [0.1, 0.15) is 28.8 Å². The van der Waals surface area contributed by atoms with Gasteiger partial charge in [-0.05, 0) is 36.8 Å². The number of hydrazone groups is 1. The van der Waals surface area contributed by atoms with Gasteiger partial charge in [0.15, 0.2) is 0 Å². The third-order valence-electron chi connectivity index (χ3n) is 3.37. The Morgan fingerprint density at radius 2 is 2.00 bits per heavy atom. The fourth-order valence-electron chi connectivity index (χ4n) is 2.05. The molecule has 2 aromatic carbocycles. The quantitative estimate of drug-likeness (QED) is 0.351. The molecule has 0 saturated heterocycles. The Hall–Kier alpha value is -2.38. The average Bonchev–Trinajstić information content (AvgIpc) is 2.62. The number of aromatic hydroxyl groups is 1. The van der Waals surface area contributed by atoms with Crippen molar-refractivity contribution < 1.29 is 14.7 Å². The summed E-state index contributed by atoms with van der Waals surface area (Å²) in [6.07, 6.45) is 2.02. The molecule has 0 bridgehead atoms. The van der Waals surface area contributed by atoms with Gasteiger partial charge in [-0.15, -0.1) is 0 Å². The van der Waals surface area contributed by atoms with Gasteiger partial charge in [0, 0.05) is 23.0 Å². The molecule has 2 aromatic rings. The molecule has 0 fully saturated rings. The first-order chi connectivity index (χ1) is 12.5. The zero-order valence-corrected chi connectivity index (χ0v) is 16.0. The number of carbonyl (C=O) groups excluding carboxylic acids is 2. The molecular formula is C18H17BrClN3O3. The lowest BCUT2D eigenvalue weighted by molar-refractivity contribution is -0.121. The summed E-state index contributed by atoms with van der Waals surface area (Å²) in [6, 6.07) is 11.7. The minimum absolute atomic E-state index is 0.0634. The van der Waals surface area contributed by atoms with E-state index in [2.05, 4.69) is 31.8 Å². The summed E-state index contributed by atoms with van der Waals surface area (Å²) in [5, 5.41) is 16.6. The van der Waals surface area contributed by atoms with Gasteiger partial charge in [0.2, 0.25) is 5.91 Å². The van der Waals surface area contributed by atoms with Crippen LogP contribution in [0, 0.1) is 0 Å². The van der Waals surface area contributed by atoms with Crippen molar-refractivity contribution in [2.75, 3.05) is 6.54 Å². The minimum atomic E-state index is -0.289. The van der Waals surface area contributed by atoms with E-state index in [1.54, 1.807) is 36.4 Å². The summed E-state index contributed by atoms with van der Waals surface area (Å²) in [5.41, 5.74) is 3.26. The third-order valence-corrected chi connectivity index (χ3v) is 4.19. The van der Waals surface area contributed by atoms with Gasteiger partial charge in [-0.2, -0.15) is 5.10 Å². The van der Waals surface area contributed by atoms with Crippen LogP contribution in [-0.2, 0) is 4.79 Å².